The van der Waals surface area contributed by atoms with Crippen LogP contribution in [0.15, 0.2) is 30.3 Å². The molecule has 0 spiro atoms. The van der Waals surface area contributed by atoms with E-state index in [9.17, 15) is 10.1 Å². The molecule has 1 heterocycles. The van der Waals surface area contributed by atoms with E-state index in [0.29, 0.717) is 22.2 Å². The van der Waals surface area contributed by atoms with Gasteiger partial charge in [-0.3, -0.25) is 4.79 Å². The highest BCUT2D eigenvalue weighted by atomic mass is 32.1. The van der Waals surface area contributed by atoms with E-state index >= 15 is 0 Å². The molecule has 5 heteroatoms. The van der Waals surface area contributed by atoms with Crippen molar-refractivity contribution in [3.05, 3.63) is 46.3 Å². The summed E-state index contributed by atoms with van der Waals surface area (Å²) in [5, 5.41) is 13.1. The van der Waals surface area contributed by atoms with Crippen LogP contribution in [0.3, 0.4) is 0 Å². The summed E-state index contributed by atoms with van der Waals surface area (Å²) in [7, 11) is 0. The monoisotopic (exact) mass is 354 g/mol. The number of nitriles is 1. The molecule has 1 aromatic carbocycles. The number of hydrogen-bond acceptors (Lipinski definition) is 4. The molecule has 1 aromatic heterocycles. The first kappa shape index (κ1) is 17.5. The van der Waals surface area contributed by atoms with Crippen molar-refractivity contribution in [2.75, 3.05) is 5.32 Å². The fourth-order valence-corrected chi connectivity index (χ4v) is 4.40. The quantitative estimate of drug-likeness (QED) is 0.877. The van der Waals surface area contributed by atoms with Crippen LogP contribution < -0.4 is 10.1 Å². The minimum atomic E-state index is -1.04. The molecule has 0 saturated heterocycles. The number of amides is 1. The van der Waals surface area contributed by atoms with Crippen molar-refractivity contribution < 1.29 is 9.53 Å². The maximum Gasteiger partial charge on any atom is 0.268 e. The predicted molar refractivity (Wildman–Crippen MR) is 100 cm³/mol. The Morgan fingerprint density at radius 1 is 1.36 bits per heavy atom. The van der Waals surface area contributed by atoms with E-state index in [-0.39, 0.29) is 5.91 Å². The number of fused-ring (bicyclic) bond motifs is 1. The zero-order valence-corrected chi connectivity index (χ0v) is 15.6. The zero-order chi connectivity index (χ0) is 18.0. The van der Waals surface area contributed by atoms with E-state index < -0.39 is 5.60 Å². The second-order valence-electron chi connectivity index (χ2n) is 7.05. The fourth-order valence-electron chi connectivity index (χ4n) is 3.04. The molecule has 1 atom stereocenters. The molecule has 1 unspecified atom stereocenters. The van der Waals surface area contributed by atoms with Crippen molar-refractivity contribution in [1.82, 2.24) is 0 Å². The zero-order valence-electron chi connectivity index (χ0n) is 14.8. The molecule has 1 N–H and O–H groups in total. The SMILES string of the molecule is CC1CCc2c(sc(NC(=O)C(C)(C)Oc3ccccc3)c2C#N)C1. The number of nitrogens with one attached hydrogen (secondary N) is 1. The van der Waals surface area contributed by atoms with Crippen molar-refractivity contribution in [2.24, 2.45) is 5.92 Å². The molecule has 1 amide bonds. The number of hydrogen-bond donors (Lipinski definition) is 1. The third kappa shape index (κ3) is 3.69. The Morgan fingerprint density at radius 2 is 2.08 bits per heavy atom. The van der Waals surface area contributed by atoms with Gasteiger partial charge in [-0.15, -0.1) is 11.3 Å². The Bertz CT molecular complexity index is 818. The van der Waals surface area contributed by atoms with Crippen LogP contribution in [0.2, 0.25) is 0 Å². The molecule has 0 aliphatic heterocycles. The van der Waals surface area contributed by atoms with Gasteiger partial charge >= 0.3 is 0 Å². The molecular weight excluding hydrogens is 332 g/mol. The lowest BCUT2D eigenvalue weighted by atomic mass is 9.88. The minimum absolute atomic E-state index is 0.250. The van der Waals surface area contributed by atoms with E-state index in [4.69, 9.17) is 4.74 Å². The highest BCUT2D eigenvalue weighted by Gasteiger charge is 2.32. The van der Waals surface area contributed by atoms with Crippen molar-refractivity contribution in [2.45, 2.75) is 45.6 Å². The number of benzene rings is 1. The Morgan fingerprint density at radius 3 is 2.76 bits per heavy atom. The molecule has 0 bridgehead atoms. The number of carbonyl (C=O) groups excluding carboxylic acids is 1. The van der Waals surface area contributed by atoms with E-state index in [1.165, 1.54) is 16.2 Å². The summed E-state index contributed by atoms with van der Waals surface area (Å²) in [6.07, 6.45) is 2.98. The van der Waals surface area contributed by atoms with Crippen molar-refractivity contribution in [1.29, 1.82) is 5.26 Å². The maximum atomic E-state index is 12.7. The molecule has 3 rings (SSSR count). The summed E-state index contributed by atoms with van der Waals surface area (Å²) in [6, 6.07) is 11.6. The summed E-state index contributed by atoms with van der Waals surface area (Å²) in [5.41, 5.74) is 0.699. The number of nitrogens with zero attached hydrogens (tertiary/aromatic N) is 1. The predicted octanol–water partition coefficient (Wildman–Crippen LogP) is 4.54. The number of carbonyl (C=O) groups is 1. The fraction of sp³-hybridized carbons (Fsp3) is 0.400. The van der Waals surface area contributed by atoms with Crippen LogP contribution in [0.5, 0.6) is 5.75 Å². The number of thiophene rings is 1. The third-order valence-electron chi connectivity index (χ3n) is 4.51. The molecule has 0 radical (unpaired) electrons. The molecule has 130 valence electrons. The smallest absolute Gasteiger partial charge is 0.268 e. The standard InChI is InChI=1S/C20H22N2O2S/c1-13-9-10-15-16(12-21)18(25-17(15)11-13)22-19(23)20(2,3)24-14-7-5-4-6-8-14/h4-8,13H,9-11H2,1-3H3,(H,22,23). The Kier molecular flexibility index (Phi) is 4.82. The summed E-state index contributed by atoms with van der Waals surface area (Å²) < 4.78 is 5.84. The number of anilines is 1. The van der Waals surface area contributed by atoms with Crippen LogP contribution in [0.4, 0.5) is 5.00 Å². The Labute approximate surface area is 152 Å². The van der Waals surface area contributed by atoms with Gasteiger partial charge in [-0.2, -0.15) is 5.26 Å². The number of para-hydroxylation sites is 1. The topological polar surface area (TPSA) is 62.1 Å². The summed E-state index contributed by atoms with van der Waals surface area (Å²) in [4.78, 5) is 14.0. The first-order valence-corrected chi connectivity index (χ1v) is 9.32. The van der Waals surface area contributed by atoms with Crippen LogP contribution in [-0.4, -0.2) is 11.5 Å². The number of rotatable bonds is 4. The largest absolute Gasteiger partial charge is 0.478 e. The van der Waals surface area contributed by atoms with E-state index in [1.54, 1.807) is 13.8 Å². The summed E-state index contributed by atoms with van der Waals surface area (Å²) >= 11 is 1.53. The molecular formula is C20H22N2O2S. The highest BCUT2D eigenvalue weighted by molar-refractivity contribution is 7.16. The van der Waals surface area contributed by atoms with Gasteiger partial charge in [-0.1, -0.05) is 25.1 Å². The van der Waals surface area contributed by atoms with Crippen LogP contribution in [0.1, 0.15) is 43.2 Å². The van der Waals surface area contributed by atoms with E-state index in [1.807, 2.05) is 30.3 Å². The molecule has 25 heavy (non-hydrogen) atoms. The Hall–Kier alpha value is -2.32. The van der Waals surface area contributed by atoms with Crippen molar-refractivity contribution in [3.63, 3.8) is 0 Å². The average molecular weight is 354 g/mol. The lowest BCUT2D eigenvalue weighted by Crippen LogP contribution is -2.42. The van der Waals surface area contributed by atoms with Gasteiger partial charge < -0.3 is 10.1 Å². The first-order chi connectivity index (χ1) is 11.9. The van der Waals surface area contributed by atoms with Gasteiger partial charge in [0.15, 0.2) is 5.60 Å². The first-order valence-electron chi connectivity index (χ1n) is 8.51. The molecule has 2 aromatic rings. The van der Waals surface area contributed by atoms with Gasteiger partial charge in [0, 0.05) is 4.88 Å². The molecule has 0 fully saturated rings. The van der Waals surface area contributed by atoms with Crippen LogP contribution in [0.25, 0.3) is 0 Å². The minimum Gasteiger partial charge on any atom is -0.478 e. The molecule has 1 aliphatic carbocycles. The van der Waals surface area contributed by atoms with Gasteiger partial charge in [0.1, 0.15) is 16.8 Å². The van der Waals surface area contributed by atoms with Crippen molar-refractivity contribution in [3.8, 4) is 11.8 Å². The van der Waals surface area contributed by atoms with Gasteiger partial charge in [0.05, 0.1) is 5.56 Å². The summed E-state index contributed by atoms with van der Waals surface area (Å²) in [5.74, 6) is 1.01. The lowest BCUT2D eigenvalue weighted by molar-refractivity contribution is -0.128. The second-order valence-corrected chi connectivity index (χ2v) is 8.15. The van der Waals surface area contributed by atoms with Gasteiger partial charge in [-0.25, -0.2) is 0 Å². The van der Waals surface area contributed by atoms with E-state index in [0.717, 1.165) is 24.8 Å². The van der Waals surface area contributed by atoms with Crippen LogP contribution in [0, 0.1) is 17.2 Å². The average Bonchev–Trinajstić information content (AvgIpc) is 2.91. The highest BCUT2D eigenvalue weighted by Crippen LogP contribution is 2.39. The van der Waals surface area contributed by atoms with Crippen molar-refractivity contribution >= 4 is 22.2 Å². The number of ether oxygens (including phenoxy) is 1. The Balaban J connectivity index is 1.80. The van der Waals surface area contributed by atoms with Gasteiger partial charge in [-0.05, 0) is 56.7 Å². The third-order valence-corrected chi connectivity index (χ3v) is 5.68. The maximum absolute atomic E-state index is 12.7. The summed E-state index contributed by atoms with van der Waals surface area (Å²) in [6.45, 7) is 5.69. The van der Waals surface area contributed by atoms with E-state index in [2.05, 4.69) is 18.3 Å². The van der Waals surface area contributed by atoms with Crippen LogP contribution >= 0.6 is 11.3 Å². The second kappa shape index (κ2) is 6.89. The molecule has 4 nitrogen and oxygen atoms in total. The van der Waals surface area contributed by atoms with Gasteiger partial charge in [0.2, 0.25) is 0 Å². The molecule has 1 aliphatic rings. The lowest BCUT2D eigenvalue weighted by Gasteiger charge is -2.25. The normalized spacial score (nSPS) is 16.6. The van der Waals surface area contributed by atoms with Gasteiger partial charge in [0.25, 0.3) is 5.91 Å². The molecule has 0 saturated carbocycles. The van der Waals surface area contributed by atoms with Crippen LogP contribution in [-0.2, 0) is 17.6 Å².